The number of β-amino-alcohol motifs (C(OH)–C–C–N with tert-alkyl or cyclic N) is 1. The number of rotatable bonds is 1. The van der Waals surface area contributed by atoms with E-state index in [2.05, 4.69) is 21.0 Å². The van der Waals surface area contributed by atoms with Gasteiger partial charge < -0.3 is 10.0 Å². The largest absolute Gasteiger partial charge is 0.391 e. The van der Waals surface area contributed by atoms with Crippen molar-refractivity contribution in [1.82, 2.24) is 9.78 Å². The van der Waals surface area contributed by atoms with E-state index in [4.69, 9.17) is 0 Å². The van der Waals surface area contributed by atoms with Crippen molar-refractivity contribution in [1.29, 1.82) is 0 Å². The molecule has 0 bridgehead atoms. The molecular weight excluding hydrogens is 262 g/mol. The summed E-state index contributed by atoms with van der Waals surface area (Å²) in [4.78, 5) is 13.6. The van der Waals surface area contributed by atoms with E-state index in [0.717, 1.165) is 18.7 Å². The van der Waals surface area contributed by atoms with Crippen LogP contribution in [0.25, 0.3) is 0 Å². The Morgan fingerprint density at radius 1 is 1.67 bits per heavy atom. The van der Waals surface area contributed by atoms with Crippen molar-refractivity contribution in [2.45, 2.75) is 12.5 Å². The van der Waals surface area contributed by atoms with Gasteiger partial charge in [-0.1, -0.05) is 0 Å². The molecule has 15 heavy (non-hydrogen) atoms. The van der Waals surface area contributed by atoms with E-state index < -0.39 is 0 Å². The number of aryl methyl sites for hydroxylation is 1. The second-order valence-electron chi connectivity index (χ2n) is 3.66. The summed E-state index contributed by atoms with van der Waals surface area (Å²) in [5, 5.41) is 13.4. The molecule has 2 heterocycles. The third kappa shape index (κ3) is 1.91. The van der Waals surface area contributed by atoms with Crippen LogP contribution in [0.15, 0.2) is 15.5 Å². The molecule has 2 rings (SSSR count). The molecule has 6 heteroatoms. The van der Waals surface area contributed by atoms with E-state index in [1.54, 1.807) is 13.2 Å². The van der Waals surface area contributed by atoms with Crippen LogP contribution in [0.2, 0.25) is 0 Å². The molecule has 1 fully saturated rings. The summed E-state index contributed by atoms with van der Waals surface area (Å²) in [6, 6.07) is 0. The minimum absolute atomic E-state index is 0.158. The molecule has 1 aliphatic heterocycles. The first-order chi connectivity index (χ1) is 7.09. The lowest BCUT2D eigenvalue weighted by Gasteiger charge is -2.18. The first-order valence-corrected chi connectivity index (χ1v) is 5.53. The summed E-state index contributed by atoms with van der Waals surface area (Å²) in [5.41, 5.74) is 0.600. The number of anilines is 1. The summed E-state index contributed by atoms with van der Waals surface area (Å²) in [6.07, 6.45) is 2.08. The van der Waals surface area contributed by atoms with Crippen LogP contribution in [0.4, 0.5) is 5.69 Å². The highest BCUT2D eigenvalue weighted by Crippen LogP contribution is 2.25. The van der Waals surface area contributed by atoms with Crippen LogP contribution in [0, 0.1) is 0 Å². The number of hydrogen-bond donors (Lipinski definition) is 1. The van der Waals surface area contributed by atoms with Gasteiger partial charge in [-0.25, -0.2) is 4.68 Å². The maximum atomic E-state index is 11.6. The van der Waals surface area contributed by atoms with Gasteiger partial charge in [-0.15, -0.1) is 0 Å². The van der Waals surface area contributed by atoms with Gasteiger partial charge in [0, 0.05) is 20.1 Å². The van der Waals surface area contributed by atoms with Crippen LogP contribution in [0.1, 0.15) is 6.42 Å². The average molecular weight is 274 g/mol. The van der Waals surface area contributed by atoms with Crippen LogP contribution >= 0.6 is 15.9 Å². The van der Waals surface area contributed by atoms with E-state index >= 15 is 0 Å². The Morgan fingerprint density at radius 2 is 2.40 bits per heavy atom. The highest BCUT2D eigenvalue weighted by molar-refractivity contribution is 9.10. The van der Waals surface area contributed by atoms with Crippen LogP contribution < -0.4 is 10.5 Å². The SMILES string of the molecule is Cn1ncc(N2CC[C@@H](O)C2)c(Br)c1=O. The molecule has 0 amide bonds. The molecular formula is C9H12BrN3O2. The third-order valence-corrected chi connectivity index (χ3v) is 3.31. The minimum atomic E-state index is -0.305. The van der Waals surface area contributed by atoms with Gasteiger partial charge in [0.1, 0.15) is 4.47 Å². The van der Waals surface area contributed by atoms with Crippen molar-refractivity contribution in [2.24, 2.45) is 7.05 Å². The van der Waals surface area contributed by atoms with E-state index in [0.29, 0.717) is 11.0 Å². The van der Waals surface area contributed by atoms with E-state index in [1.165, 1.54) is 4.68 Å². The van der Waals surface area contributed by atoms with Crippen LogP contribution in [-0.4, -0.2) is 34.1 Å². The fourth-order valence-corrected chi connectivity index (χ4v) is 2.29. The molecule has 5 nitrogen and oxygen atoms in total. The average Bonchev–Trinajstić information content (AvgIpc) is 2.61. The molecule has 1 aromatic heterocycles. The maximum absolute atomic E-state index is 11.6. The molecule has 1 saturated heterocycles. The van der Waals surface area contributed by atoms with Gasteiger partial charge in [0.05, 0.1) is 18.0 Å². The zero-order valence-corrected chi connectivity index (χ0v) is 9.94. The number of halogens is 1. The molecule has 0 saturated carbocycles. The van der Waals surface area contributed by atoms with E-state index in [-0.39, 0.29) is 11.7 Å². The number of aliphatic hydroxyl groups excluding tert-OH is 1. The van der Waals surface area contributed by atoms with Gasteiger partial charge in [-0.2, -0.15) is 5.10 Å². The Balaban J connectivity index is 2.37. The van der Waals surface area contributed by atoms with Crippen LogP contribution in [-0.2, 0) is 7.05 Å². The first-order valence-electron chi connectivity index (χ1n) is 4.74. The van der Waals surface area contributed by atoms with Crippen molar-refractivity contribution >= 4 is 21.6 Å². The Hall–Kier alpha value is -0.880. The molecule has 1 aromatic rings. The molecule has 1 atom stereocenters. The number of nitrogens with zero attached hydrogens (tertiary/aromatic N) is 3. The fourth-order valence-electron chi connectivity index (χ4n) is 1.68. The smallest absolute Gasteiger partial charge is 0.282 e. The van der Waals surface area contributed by atoms with Gasteiger partial charge in [0.15, 0.2) is 0 Å². The number of aromatic nitrogens is 2. The standard InChI is InChI=1S/C9H12BrN3O2/c1-12-9(15)8(10)7(4-11-12)13-3-2-6(14)5-13/h4,6,14H,2-3,5H2,1H3/t6-/m1/s1. The Kier molecular flexibility index (Phi) is 2.79. The Labute approximate surface area is 95.5 Å². The van der Waals surface area contributed by atoms with Crippen molar-refractivity contribution in [2.75, 3.05) is 18.0 Å². The first kappa shape index (κ1) is 10.6. The number of hydrogen-bond acceptors (Lipinski definition) is 4. The summed E-state index contributed by atoms with van der Waals surface area (Å²) in [7, 11) is 1.61. The zero-order valence-electron chi connectivity index (χ0n) is 8.35. The monoisotopic (exact) mass is 273 g/mol. The van der Waals surface area contributed by atoms with E-state index in [1.807, 2.05) is 4.90 Å². The van der Waals surface area contributed by atoms with Crippen LogP contribution in [0.5, 0.6) is 0 Å². The maximum Gasteiger partial charge on any atom is 0.282 e. The lowest BCUT2D eigenvalue weighted by atomic mass is 10.3. The highest BCUT2D eigenvalue weighted by Gasteiger charge is 2.23. The quantitative estimate of drug-likeness (QED) is 0.790. The fraction of sp³-hybridized carbons (Fsp3) is 0.556. The summed E-state index contributed by atoms with van der Waals surface area (Å²) in [6.45, 7) is 1.32. The van der Waals surface area contributed by atoms with Crippen molar-refractivity contribution in [3.63, 3.8) is 0 Å². The predicted octanol–water partition coefficient (Wildman–Crippen LogP) is 0.114. The Morgan fingerprint density at radius 3 is 3.00 bits per heavy atom. The molecule has 1 N–H and O–H groups in total. The van der Waals surface area contributed by atoms with Gasteiger partial charge in [0.25, 0.3) is 5.56 Å². The van der Waals surface area contributed by atoms with Crippen molar-refractivity contribution in [3.8, 4) is 0 Å². The third-order valence-electron chi connectivity index (χ3n) is 2.56. The summed E-state index contributed by atoms with van der Waals surface area (Å²) >= 11 is 3.26. The van der Waals surface area contributed by atoms with Crippen molar-refractivity contribution < 1.29 is 5.11 Å². The molecule has 1 aliphatic rings. The topological polar surface area (TPSA) is 58.4 Å². The molecule has 0 spiro atoms. The normalized spacial score (nSPS) is 21.0. The molecule has 0 unspecified atom stereocenters. The Bertz CT molecular complexity index is 432. The second-order valence-corrected chi connectivity index (χ2v) is 4.45. The van der Waals surface area contributed by atoms with Gasteiger partial charge in [-0.3, -0.25) is 4.79 Å². The minimum Gasteiger partial charge on any atom is -0.391 e. The van der Waals surface area contributed by atoms with Crippen molar-refractivity contribution in [3.05, 3.63) is 21.0 Å². The summed E-state index contributed by atoms with van der Waals surface area (Å²) in [5.74, 6) is 0. The molecule has 82 valence electrons. The predicted molar refractivity (Wildman–Crippen MR) is 60.0 cm³/mol. The summed E-state index contributed by atoms with van der Waals surface area (Å²) < 4.78 is 1.79. The van der Waals surface area contributed by atoms with Gasteiger partial charge >= 0.3 is 0 Å². The lowest BCUT2D eigenvalue weighted by Crippen LogP contribution is -2.27. The molecule has 0 aromatic carbocycles. The molecule has 0 aliphatic carbocycles. The highest BCUT2D eigenvalue weighted by atomic mass is 79.9. The molecule has 0 radical (unpaired) electrons. The second kappa shape index (κ2) is 3.94. The number of aliphatic hydroxyl groups is 1. The van der Waals surface area contributed by atoms with Gasteiger partial charge in [0.2, 0.25) is 0 Å². The lowest BCUT2D eigenvalue weighted by molar-refractivity contribution is 0.198. The zero-order chi connectivity index (χ0) is 11.0. The van der Waals surface area contributed by atoms with Crippen LogP contribution in [0.3, 0.4) is 0 Å². The van der Waals surface area contributed by atoms with Gasteiger partial charge in [-0.05, 0) is 22.4 Å². The van der Waals surface area contributed by atoms with E-state index in [9.17, 15) is 9.90 Å².